The molecule has 3 rings (SSSR count). The second-order valence-corrected chi connectivity index (χ2v) is 6.55. The van der Waals surface area contributed by atoms with E-state index in [1.807, 2.05) is 0 Å². The van der Waals surface area contributed by atoms with Gasteiger partial charge in [-0.25, -0.2) is 4.98 Å². The Bertz CT molecular complexity index is 692. The van der Waals surface area contributed by atoms with E-state index in [1.165, 1.54) is 17.4 Å². The van der Waals surface area contributed by atoms with E-state index in [2.05, 4.69) is 10.3 Å². The first-order valence-corrected chi connectivity index (χ1v) is 8.18. The SMILES string of the molecule is O=C(Nc1nccs1)C1(c2cccc(C(F)(F)F)c2)CCCC1. The fraction of sp³-hybridized carbons (Fsp3) is 0.375. The largest absolute Gasteiger partial charge is 0.416 e. The minimum absolute atomic E-state index is 0.274. The van der Waals surface area contributed by atoms with Crippen LogP contribution in [0.2, 0.25) is 0 Å². The van der Waals surface area contributed by atoms with E-state index < -0.39 is 17.2 Å². The summed E-state index contributed by atoms with van der Waals surface area (Å²) in [6, 6.07) is 5.12. The molecule has 1 saturated carbocycles. The van der Waals surface area contributed by atoms with E-state index in [0.717, 1.165) is 25.0 Å². The Morgan fingerprint density at radius 3 is 2.61 bits per heavy atom. The molecule has 0 aliphatic heterocycles. The van der Waals surface area contributed by atoms with Crippen molar-refractivity contribution in [1.82, 2.24) is 4.98 Å². The van der Waals surface area contributed by atoms with Gasteiger partial charge in [-0.3, -0.25) is 4.79 Å². The molecule has 1 heterocycles. The summed E-state index contributed by atoms with van der Waals surface area (Å²) in [7, 11) is 0. The van der Waals surface area contributed by atoms with Gasteiger partial charge < -0.3 is 5.32 Å². The maximum absolute atomic E-state index is 13.0. The van der Waals surface area contributed by atoms with Crippen LogP contribution in [0, 0.1) is 0 Å². The lowest BCUT2D eigenvalue weighted by molar-refractivity contribution is -0.137. The van der Waals surface area contributed by atoms with Gasteiger partial charge in [0.2, 0.25) is 5.91 Å². The lowest BCUT2D eigenvalue weighted by Gasteiger charge is -2.28. The number of hydrogen-bond donors (Lipinski definition) is 1. The summed E-state index contributed by atoms with van der Waals surface area (Å²) in [5.74, 6) is -0.274. The van der Waals surface area contributed by atoms with Crippen LogP contribution in [0.3, 0.4) is 0 Å². The minimum atomic E-state index is -4.42. The molecule has 7 heteroatoms. The van der Waals surface area contributed by atoms with Gasteiger partial charge in [0.15, 0.2) is 5.13 Å². The van der Waals surface area contributed by atoms with Gasteiger partial charge in [0.25, 0.3) is 0 Å². The van der Waals surface area contributed by atoms with Crippen molar-refractivity contribution in [3.8, 4) is 0 Å². The van der Waals surface area contributed by atoms with E-state index in [0.29, 0.717) is 23.5 Å². The normalized spacial score (nSPS) is 17.2. The number of amides is 1. The van der Waals surface area contributed by atoms with Crippen molar-refractivity contribution in [3.05, 3.63) is 47.0 Å². The molecule has 0 bridgehead atoms. The average molecular weight is 340 g/mol. The summed E-state index contributed by atoms with van der Waals surface area (Å²) in [6.07, 6.45) is -0.104. The summed E-state index contributed by atoms with van der Waals surface area (Å²) in [5.41, 5.74) is -1.20. The molecule has 2 aromatic rings. The molecule has 0 spiro atoms. The summed E-state index contributed by atoms with van der Waals surface area (Å²) >= 11 is 1.29. The smallest absolute Gasteiger partial charge is 0.301 e. The van der Waals surface area contributed by atoms with Crippen molar-refractivity contribution < 1.29 is 18.0 Å². The highest BCUT2D eigenvalue weighted by Gasteiger charge is 2.44. The lowest BCUT2D eigenvalue weighted by atomic mass is 9.77. The molecule has 1 fully saturated rings. The third kappa shape index (κ3) is 3.10. The molecule has 0 radical (unpaired) electrons. The van der Waals surface area contributed by atoms with Crippen LogP contribution >= 0.6 is 11.3 Å². The second kappa shape index (κ2) is 5.96. The van der Waals surface area contributed by atoms with Crippen molar-refractivity contribution >= 4 is 22.4 Å². The molecule has 122 valence electrons. The molecule has 1 aliphatic rings. The van der Waals surface area contributed by atoms with E-state index in [1.54, 1.807) is 17.6 Å². The quantitative estimate of drug-likeness (QED) is 0.886. The van der Waals surface area contributed by atoms with Crippen molar-refractivity contribution in [2.75, 3.05) is 5.32 Å². The van der Waals surface area contributed by atoms with Gasteiger partial charge in [0.05, 0.1) is 11.0 Å². The number of rotatable bonds is 3. The Labute approximate surface area is 135 Å². The monoisotopic (exact) mass is 340 g/mol. The standard InChI is InChI=1S/C16H15F3N2OS/c17-16(18,19)12-5-3-4-11(10-12)15(6-1-2-7-15)13(22)21-14-20-8-9-23-14/h3-5,8-10H,1-2,6-7H2,(H,20,21,22). The van der Waals surface area contributed by atoms with E-state index in [4.69, 9.17) is 0 Å². The van der Waals surface area contributed by atoms with Crippen LogP contribution in [0.1, 0.15) is 36.8 Å². The fourth-order valence-corrected chi connectivity index (χ4v) is 3.64. The van der Waals surface area contributed by atoms with Crippen LogP contribution in [-0.2, 0) is 16.4 Å². The van der Waals surface area contributed by atoms with Gasteiger partial charge in [-0.05, 0) is 24.5 Å². The summed E-state index contributed by atoms with van der Waals surface area (Å²) in [4.78, 5) is 16.8. The second-order valence-electron chi connectivity index (χ2n) is 5.66. The number of hydrogen-bond acceptors (Lipinski definition) is 3. The van der Waals surface area contributed by atoms with Crippen LogP contribution in [0.25, 0.3) is 0 Å². The molecule has 1 aromatic heterocycles. The zero-order valence-corrected chi connectivity index (χ0v) is 13.0. The highest BCUT2D eigenvalue weighted by atomic mass is 32.1. The molecule has 0 unspecified atom stereocenters. The molecule has 1 aromatic carbocycles. The molecule has 23 heavy (non-hydrogen) atoms. The Morgan fingerprint density at radius 2 is 2.00 bits per heavy atom. The number of nitrogens with one attached hydrogen (secondary N) is 1. The Balaban J connectivity index is 1.96. The van der Waals surface area contributed by atoms with Gasteiger partial charge in [0, 0.05) is 11.6 Å². The molecule has 1 amide bonds. The zero-order chi connectivity index (χ0) is 16.5. The molecule has 3 nitrogen and oxygen atoms in total. The van der Waals surface area contributed by atoms with Gasteiger partial charge in [-0.1, -0.05) is 31.0 Å². The molecule has 0 saturated heterocycles. The molecule has 1 aliphatic carbocycles. The Kier molecular flexibility index (Phi) is 4.14. The van der Waals surface area contributed by atoms with Gasteiger partial charge in [-0.2, -0.15) is 13.2 Å². The Morgan fingerprint density at radius 1 is 1.26 bits per heavy atom. The molecular formula is C16H15F3N2OS. The number of benzene rings is 1. The number of anilines is 1. The van der Waals surface area contributed by atoms with Gasteiger partial charge >= 0.3 is 6.18 Å². The number of carbonyl (C=O) groups excluding carboxylic acids is 1. The third-order valence-electron chi connectivity index (χ3n) is 4.29. The average Bonchev–Trinajstić information content (AvgIpc) is 3.18. The molecule has 0 atom stereocenters. The number of carbonyl (C=O) groups is 1. The highest BCUT2D eigenvalue weighted by Crippen LogP contribution is 2.43. The maximum Gasteiger partial charge on any atom is 0.416 e. The van der Waals surface area contributed by atoms with Crippen LogP contribution in [0.15, 0.2) is 35.8 Å². The van der Waals surface area contributed by atoms with Crippen molar-refractivity contribution in [1.29, 1.82) is 0 Å². The summed E-state index contributed by atoms with van der Waals surface area (Å²) in [5, 5.41) is 4.95. The topological polar surface area (TPSA) is 42.0 Å². The summed E-state index contributed by atoms with van der Waals surface area (Å²) in [6.45, 7) is 0. The predicted octanol–water partition coefficient (Wildman–Crippen LogP) is 4.61. The van der Waals surface area contributed by atoms with Gasteiger partial charge in [0.1, 0.15) is 0 Å². The Hall–Kier alpha value is -1.89. The van der Waals surface area contributed by atoms with E-state index in [-0.39, 0.29) is 5.91 Å². The van der Waals surface area contributed by atoms with Crippen LogP contribution in [-0.4, -0.2) is 10.9 Å². The minimum Gasteiger partial charge on any atom is -0.301 e. The van der Waals surface area contributed by atoms with Gasteiger partial charge in [-0.15, -0.1) is 11.3 Å². The summed E-state index contributed by atoms with van der Waals surface area (Å²) < 4.78 is 38.9. The number of halogens is 3. The van der Waals surface area contributed by atoms with Crippen LogP contribution in [0.5, 0.6) is 0 Å². The lowest BCUT2D eigenvalue weighted by Crippen LogP contribution is -2.38. The first-order valence-electron chi connectivity index (χ1n) is 7.30. The van der Waals surface area contributed by atoms with E-state index in [9.17, 15) is 18.0 Å². The highest BCUT2D eigenvalue weighted by molar-refractivity contribution is 7.13. The first kappa shape index (κ1) is 16.0. The number of nitrogens with zero attached hydrogens (tertiary/aromatic N) is 1. The van der Waals surface area contributed by atoms with Crippen molar-refractivity contribution in [2.45, 2.75) is 37.3 Å². The molecule has 1 N–H and O–H groups in total. The number of aromatic nitrogens is 1. The number of alkyl halides is 3. The predicted molar refractivity (Wildman–Crippen MR) is 82.3 cm³/mol. The third-order valence-corrected chi connectivity index (χ3v) is 4.98. The maximum atomic E-state index is 13.0. The zero-order valence-electron chi connectivity index (χ0n) is 12.2. The van der Waals surface area contributed by atoms with Crippen molar-refractivity contribution in [2.24, 2.45) is 0 Å². The van der Waals surface area contributed by atoms with Crippen molar-refractivity contribution in [3.63, 3.8) is 0 Å². The van der Waals surface area contributed by atoms with E-state index >= 15 is 0 Å². The van der Waals surface area contributed by atoms with Crippen LogP contribution < -0.4 is 5.32 Å². The first-order chi connectivity index (χ1) is 10.9. The number of thiazole rings is 1. The molecular weight excluding hydrogens is 325 g/mol. The fourth-order valence-electron chi connectivity index (χ4n) is 3.12. The van der Waals surface area contributed by atoms with Crippen LogP contribution in [0.4, 0.5) is 18.3 Å².